The highest BCUT2D eigenvalue weighted by molar-refractivity contribution is 7.13. The number of nitrogens with one attached hydrogen (secondary N) is 1. The molecule has 0 spiro atoms. The number of para-hydroxylation sites is 1. The third kappa shape index (κ3) is 3.20. The molecule has 102 valence electrons. The summed E-state index contributed by atoms with van der Waals surface area (Å²) in [5, 5.41) is 13.9. The topological polar surface area (TPSA) is 49.3 Å². The predicted molar refractivity (Wildman–Crippen MR) is 82.4 cm³/mol. The Hall–Kier alpha value is -1.80. The molecule has 1 heterocycles. The van der Waals surface area contributed by atoms with E-state index in [1.807, 2.05) is 18.4 Å². The lowest BCUT2D eigenvalue weighted by Gasteiger charge is -2.06. The standard InChI is InChI=1S/C15H12ClNO2S/c1-10-9-20-14(13(10)16)15(19)17-12-7-3-2-5-11(12)6-4-8-18/h2-3,5,7,9,18H,8H2,1H3,(H,17,19). The minimum atomic E-state index is -0.258. The Morgan fingerprint density at radius 3 is 2.85 bits per heavy atom. The fourth-order valence-corrected chi connectivity index (χ4v) is 2.77. The zero-order chi connectivity index (χ0) is 14.5. The molecule has 0 unspecified atom stereocenters. The van der Waals surface area contributed by atoms with Gasteiger partial charge in [0.1, 0.15) is 11.5 Å². The molecule has 3 nitrogen and oxygen atoms in total. The number of anilines is 1. The second kappa shape index (κ2) is 6.58. The van der Waals surface area contributed by atoms with E-state index in [2.05, 4.69) is 17.2 Å². The summed E-state index contributed by atoms with van der Waals surface area (Å²) >= 11 is 7.39. The van der Waals surface area contributed by atoms with E-state index >= 15 is 0 Å². The Morgan fingerprint density at radius 1 is 1.45 bits per heavy atom. The number of carbonyl (C=O) groups is 1. The van der Waals surface area contributed by atoms with Gasteiger partial charge in [-0.2, -0.15) is 0 Å². The van der Waals surface area contributed by atoms with Crippen LogP contribution in [0.2, 0.25) is 5.02 Å². The largest absolute Gasteiger partial charge is 0.384 e. The fraction of sp³-hybridized carbons (Fsp3) is 0.133. The minimum Gasteiger partial charge on any atom is -0.384 e. The molecule has 0 atom stereocenters. The highest BCUT2D eigenvalue weighted by Crippen LogP contribution is 2.28. The van der Waals surface area contributed by atoms with Gasteiger partial charge in [0.15, 0.2) is 0 Å². The summed E-state index contributed by atoms with van der Waals surface area (Å²) in [6, 6.07) is 7.16. The Bertz CT molecular complexity index is 697. The third-order valence-corrected chi connectivity index (χ3v) is 4.28. The van der Waals surface area contributed by atoms with Gasteiger partial charge < -0.3 is 10.4 Å². The molecule has 2 aromatic rings. The number of thiophene rings is 1. The minimum absolute atomic E-state index is 0.224. The molecule has 0 saturated heterocycles. The number of rotatable bonds is 2. The first kappa shape index (κ1) is 14.6. The van der Waals surface area contributed by atoms with Gasteiger partial charge in [-0.1, -0.05) is 35.6 Å². The molecule has 1 aromatic heterocycles. The molecule has 1 amide bonds. The van der Waals surface area contributed by atoms with Crippen LogP contribution in [0.25, 0.3) is 0 Å². The molecule has 1 aromatic carbocycles. The molecule has 0 saturated carbocycles. The summed E-state index contributed by atoms with van der Waals surface area (Å²) in [5.41, 5.74) is 2.13. The SMILES string of the molecule is Cc1csc(C(=O)Nc2ccccc2C#CCO)c1Cl. The lowest BCUT2D eigenvalue weighted by atomic mass is 10.2. The quantitative estimate of drug-likeness (QED) is 0.836. The van der Waals surface area contributed by atoms with Crippen LogP contribution in [0.4, 0.5) is 5.69 Å². The van der Waals surface area contributed by atoms with E-state index in [1.165, 1.54) is 11.3 Å². The molecule has 2 rings (SSSR count). The average molecular weight is 306 g/mol. The van der Waals surface area contributed by atoms with Gasteiger partial charge in [0.2, 0.25) is 0 Å². The van der Waals surface area contributed by atoms with Gasteiger partial charge in [0.05, 0.1) is 10.7 Å². The Labute approximate surface area is 126 Å². The number of benzene rings is 1. The van der Waals surface area contributed by atoms with Crippen LogP contribution in [0.3, 0.4) is 0 Å². The number of hydrogen-bond acceptors (Lipinski definition) is 3. The highest BCUT2D eigenvalue weighted by Gasteiger charge is 2.15. The lowest BCUT2D eigenvalue weighted by molar-refractivity contribution is 0.103. The fourth-order valence-electron chi connectivity index (χ4n) is 1.60. The lowest BCUT2D eigenvalue weighted by Crippen LogP contribution is -2.11. The molecule has 0 aliphatic rings. The summed E-state index contributed by atoms with van der Waals surface area (Å²) in [4.78, 5) is 12.7. The van der Waals surface area contributed by atoms with Gasteiger partial charge in [0, 0.05) is 5.56 Å². The monoisotopic (exact) mass is 305 g/mol. The second-order valence-electron chi connectivity index (χ2n) is 4.02. The first-order valence-corrected chi connectivity index (χ1v) is 7.13. The normalized spacial score (nSPS) is 9.75. The van der Waals surface area contributed by atoms with Crippen molar-refractivity contribution in [1.82, 2.24) is 0 Å². The molecule has 0 fully saturated rings. The van der Waals surface area contributed by atoms with Gasteiger partial charge in [-0.3, -0.25) is 4.79 Å². The van der Waals surface area contributed by atoms with Crippen LogP contribution in [0.5, 0.6) is 0 Å². The molecular formula is C15H12ClNO2S. The van der Waals surface area contributed by atoms with Gasteiger partial charge >= 0.3 is 0 Å². The van der Waals surface area contributed by atoms with Gasteiger partial charge in [-0.25, -0.2) is 0 Å². The van der Waals surface area contributed by atoms with Crippen molar-refractivity contribution in [2.45, 2.75) is 6.92 Å². The van der Waals surface area contributed by atoms with E-state index in [0.717, 1.165) is 5.56 Å². The number of aryl methyl sites for hydroxylation is 1. The van der Waals surface area contributed by atoms with Crippen LogP contribution in [0.15, 0.2) is 29.6 Å². The summed E-state index contributed by atoms with van der Waals surface area (Å²) in [6.45, 7) is 1.63. The molecule has 2 N–H and O–H groups in total. The van der Waals surface area contributed by atoms with Gasteiger partial charge in [-0.05, 0) is 30.0 Å². The molecule has 0 radical (unpaired) electrons. The van der Waals surface area contributed by atoms with Crippen molar-refractivity contribution < 1.29 is 9.90 Å². The van der Waals surface area contributed by atoms with Crippen LogP contribution < -0.4 is 5.32 Å². The summed E-state index contributed by atoms with van der Waals surface area (Å²) in [6.07, 6.45) is 0. The molecule has 0 aliphatic heterocycles. The summed E-state index contributed by atoms with van der Waals surface area (Å²) in [7, 11) is 0. The van der Waals surface area contributed by atoms with Crippen molar-refractivity contribution in [1.29, 1.82) is 0 Å². The van der Waals surface area contributed by atoms with Crippen molar-refractivity contribution >= 4 is 34.5 Å². The molecular weight excluding hydrogens is 294 g/mol. The zero-order valence-corrected chi connectivity index (χ0v) is 12.3. The third-order valence-electron chi connectivity index (χ3n) is 2.58. The highest BCUT2D eigenvalue weighted by atomic mass is 35.5. The van der Waals surface area contributed by atoms with Gasteiger partial charge in [-0.15, -0.1) is 11.3 Å². The van der Waals surface area contributed by atoms with Crippen molar-refractivity contribution in [3.8, 4) is 11.8 Å². The number of carbonyl (C=O) groups excluding carboxylic acids is 1. The molecule has 5 heteroatoms. The molecule has 0 bridgehead atoms. The molecule has 0 aliphatic carbocycles. The Morgan fingerprint density at radius 2 is 2.20 bits per heavy atom. The number of hydrogen-bond donors (Lipinski definition) is 2. The maximum Gasteiger partial charge on any atom is 0.267 e. The van der Waals surface area contributed by atoms with E-state index in [0.29, 0.717) is 21.2 Å². The van der Waals surface area contributed by atoms with E-state index in [4.69, 9.17) is 16.7 Å². The van der Waals surface area contributed by atoms with Crippen LogP contribution in [-0.2, 0) is 0 Å². The van der Waals surface area contributed by atoms with Crippen LogP contribution in [0, 0.1) is 18.8 Å². The first-order valence-electron chi connectivity index (χ1n) is 5.87. The molecule has 20 heavy (non-hydrogen) atoms. The Kier molecular flexibility index (Phi) is 4.80. The maximum absolute atomic E-state index is 12.2. The first-order chi connectivity index (χ1) is 9.63. The van der Waals surface area contributed by atoms with Crippen molar-refractivity contribution in [3.63, 3.8) is 0 Å². The second-order valence-corrected chi connectivity index (χ2v) is 5.28. The van der Waals surface area contributed by atoms with E-state index in [9.17, 15) is 4.79 Å². The van der Waals surface area contributed by atoms with Crippen molar-refractivity contribution in [2.24, 2.45) is 0 Å². The van der Waals surface area contributed by atoms with Crippen molar-refractivity contribution in [3.05, 3.63) is 50.7 Å². The van der Waals surface area contributed by atoms with E-state index in [-0.39, 0.29) is 12.5 Å². The number of aliphatic hydroxyl groups excluding tert-OH is 1. The predicted octanol–water partition coefficient (Wildman–Crippen LogP) is 3.31. The number of aliphatic hydroxyl groups is 1. The zero-order valence-electron chi connectivity index (χ0n) is 10.7. The van der Waals surface area contributed by atoms with E-state index < -0.39 is 0 Å². The van der Waals surface area contributed by atoms with Crippen LogP contribution in [-0.4, -0.2) is 17.6 Å². The van der Waals surface area contributed by atoms with E-state index in [1.54, 1.807) is 18.2 Å². The maximum atomic E-state index is 12.2. The summed E-state index contributed by atoms with van der Waals surface area (Å²) < 4.78 is 0. The van der Waals surface area contributed by atoms with Crippen LogP contribution in [0.1, 0.15) is 20.8 Å². The van der Waals surface area contributed by atoms with Crippen LogP contribution >= 0.6 is 22.9 Å². The Balaban J connectivity index is 2.26. The summed E-state index contributed by atoms with van der Waals surface area (Å²) in [5.74, 6) is 5.10. The number of halogens is 1. The smallest absolute Gasteiger partial charge is 0.267 e. The number of amides is 1. The van der Waals surface area contributed by atoms with Crippen molar-refractivity contribution in [2.75, 3.05) is 11.9 Å². The average Bonchev–Trinajstić information content (AvgIpc) is 2.78. The van der Waals surface area contributed by atoms with Gasteiger partial charge in [0.25, 0.3) is 5.91 Å².